The third kappa shape index (κ3) is 7.23. The fourth-order valence-corrected chi connectivity index (χ4v) is 5.38. The van der Waals surface area contributed by atoms with Crippen molar-refractivity contribution >= 4 is 0 Å². The van der Waals surface area contributed by atoms with Crippen LogP contribution >= 0.6 is 0 Å². The summed E-state index contributed by atoms with van der Waals surface area (Å²) in [6.07, 6.45) is 1.04. The fraction of sp³-hybridized carbons (Fsp3) is 0.750. The number of rotatable bonds is 8. The van der Waals surface area contributed by atoms with Gasteiger partial charge in [0.25, 0.3) is 0 Å². The van der Waals surface area contributed by atoms with Crippen molar-refractivity contribution in [1.82, 2.24) is 0 Å². The first kappa shape index (κ1) is 26.1. The van der Waals surface area contributed by atoms with E-state index in [-0.39, 0.29) is 18.2 Å². The van der Waals surface area contributed by atoms with Crippen LogP contribution in [0.4, 0.5) is 30.7 Å². The van der Waals surface area contributed by atoms with E-state index >= 15 is 0 Å². The molecular formula is C24H31F7O2. The highest BCUT2D eigenvalue weighted by molar-refractivity contribution is 5.32. The number of halogens is 7. The quantitative estimate of drug-likeness (QED) is 0.347. The highest BCUT2D eigenvalue weighted by atomic mass is 19.4. The van der Waals surface area contributed by atoms with Crippen LogP contribution in [0.3, 0.4) is 0 Å². The summed E-state index contributed by atoms with van der Waals surface area (Å²) in [5.74, 6) is -2.96. The van der Waals surface area contributed by atoms with Gasteiger partial charge in [-0.2, -0.15) is 22.0 Å². The van der Waals surface area contributed by atoms with Crippen molar-refractivity contribution in [3.63, 3.8) is 0 Å². The molecule has 1 aromatic carbocycles. The summed E-state index contributed by atoms with van der Waals surface area (Å²) in [6, 6.07) is 0.195. The van der Waals surface area contributed by atoms with Crippen LogP contribution in [0.5, 0.6) is 5.75 Å². The fourth-order valence-electron chi connectivity index (χ4n) is 5.38. The molecule has 9 heteroatoms. The Kier molecular flexibility index (Phi) is 8.56. The minimum atomic E-state index is -5.29. The van der Waals surface area contributed by atoms with Gasteiger partial charge < -0.3 is 9.47 Å². The zero-order chi connectivity index (χ0) is 24.2. The van der Waals surface area contributed by atoms with Crippen LogP contribution in [-0.2, 0) is 10.9 Å². The predicted molar refractivity (Wildman–Crippen MR) is 109 cm³/mol. The summed E-state index contributed by atoms with van der Waals surface area (Å²) in [7, 11) is 0. The molecule has 0 spiro atoms. The SMILES string of the molecule is CCCC1CCC(C2CCC(OCC(F)(F)Oc3cc(F)c(C(F)(F)F)c(F)c3)CC2)CC1. The number of benzene rings is 1. The maximum atomic E-state index is 14.1. The average molecular weight is 484 g/mol. The Labute approximate surface area is 189 Å². The lowest BCUT2D eigenvalue weighted by atomic mass is 9.70. The largest absolute Gasteiger partial charge is 0.431 e. The summed E-state index contributed by atoms with van der Waals surface area (Å²) < 4.78 is 103. The van der Waals surface area contributed by atoms with Crippen molar-refractivity contribution in [2.45, 2.75) is 89.5 Å². The Balaban J connectivity index is 1.45. The average Bonchev–Trinajstić information content (AvgIpc) is 2.72. The van der Waals surface area contributed by atoms with Gasteiger partial charge in [-0.25, -0.2) is 8.78 Å². The maximum absolute atomic E-state index is 14.1. The molecule has 0 bridgehead atoms. The first-order valence-electron chi connectivity index (χ1n) is 11.7. The lowest BCUT2D eigenvalue weighted by Gasteiger charge is -2.38. The van der Waals surface area contributed by atoms with Crippen LogP contribution in [0.1, 0.15) is 76.7 Å². The van der Waals surface area contributed by atoms with Crippen molar-refractivity contribution in [1.29, 1.82) is 0 Å². The summed E-state index contributed by atoms with van der Waals surface area (Å²) in [5, 5.41) is 0. The Bertz CT molecular complexity index is 742. The first-order chi connectivity index (χ1) is 15.5. The zero-order valence-corrected chi connectivity index (χ0v) is 18.7. The number of hydrogen-bond donors (Lipinski definition) is 0. The van der Waals surface area contributed by atoms with Gasteiger partial charge in [-0.15, -0.1) is 0 Å². The lowest BCUT2D eigenvalue weighted by molar-refractivity contribution is -0.222. The Hall–Kier alpha value is -1.51. The van der Waals surface area contributed by atoms with Crippen LogP contribution in [0.2, 0.25) is 0 Å². The van der Waals surface area contributed by atoms with Gasteiger partial charge in [-0.3, -0.25) is 0 Å². The second kappa shape index (κ2) is 10.8. The topological polar surface area (TPSA) is 18.5 Å². The second-order valence-corrected chi connectivity index (χ2v) is 9.42. The van der Waals surface area contributed by atoms with E-state index in [0.29, 0.717) is 24.7 Å². The van der Waals surface area contributed by atoms with E-state index in [0.717, 1.165) is 18.8 Å². The normalized spacial score (nSPS) is 26.9. The molecule has 2 aliphatic carbocycles. The molecule has 2 nitrogen and oxygen atoms in total. The molecule has 33 heavy (non-hydrogen) atoms. The van der Waals surface area contributed by atoms with Gasteiger partial charge in [0.2, 0.25) is 0 Å². The molecule has 2 aliphatic rings. The Morgan fingerprint density at radius 1 is 0.818 bits per heavy atom. The molecule has 0 aliphatic heterocycles. The Morgan fingerprint density at radius 3 is 1.82 bits per heavy atom. The summed E-state index contributed by atoms with van der Waals surface area (Å²) >= 11 is 0. The molecule has 2 fully saturated rings. The van der Waals surface area contributed by atoms with E-state index in [1.165, 1.54) is 38.5 Å². The monoisotopic (exact) mass is 484 g/mol. The summed E-state index contributed by atoms with van der Waals surface area (Å²) in [5.41, 5.74) is -2.15. The molecule has 0 heterocycles. The van der Waals surface area contributed by atoms with Gasteiger partial charge >= 0.3 is 12.3 Å². The number of ether oxygens (including phenoxy) is 2. The molecule has 0 N–H and O–H groups in total. The minimum Gasteiger partial charge on any atom is -0.431 e. The minimum absolute atomic E-state index is 0.0975. The third-order valence-corrected chi connectivity index (χ3v) is 7.03. The highest BCUT2D eigenvalue weighted by Crippen LogP contribution is 2.42. The van der Waals surface area contributed by atoms with Crippen molar-refractivity contribution in [3.8, 4) is 5.75 Å². The van der Waals surface area contributed by atoms with Crippen LogP contribution in [0.25, 0.3) is 0 Å². The zero-order valence-electron chi connectivity index (χ0n) is 18.7. The van der Waals surface area contributed by atoms with Gasteiger partial charge in [0.05, 0.1) is 6.10 Å². The van der Waals surface area contributed by atoms with Gasteiger partial charge in [-0.1, -0.05) is 32.6 Å². The van der Waals surface area contributed by atoms with Crippen LogP contribution < -0.4 is 4.74 Å². The standard InChI is InChI=1S/C24H31F7O2/c1-2-3-15-4-6-16(7-5-15)17-8-10-18(11-9-17)32-14-23(27,28)33-19-12-20(25)22(21(26)13-19)24(29,30)31/h12-13,15-18H,2-11,14H2,1H3. The van der Waals surface area contributed by atoms with E-state index < -0.39 is 41.8 Å². The highest BCUT2D eigenvalue weighted by Gasteiger charge is 2.40. The smallest absolute Gasteiger partial charge is 0.422 e. The molecule has 0 saturated heterocycles. The lowest BCUT2D eigenvalue weighted by Crippen LogP contribution is -2.35. The van der Waals surface area contributed by atoms with E-state index in [4.69, 9.17) is 4.74 Å². The summed E-state index contributed by atoms with van der Waals surface area (Å²) in [4.78, 5) is 0. The summed E-state index contributed by atoms with van der Waals surface area (Å²) in [6.45, 7) is 1.07. The van der Waals surface area contributed by atoms with Gasteiger partial charge in [0.1, 0.15) is 22.9 Å². The molecule has 0 aromatic heterocycles. The molecule has 2 saturated carbocycles. The van der Waals surface area contributed by atoms with E-state index in [2.05, 4.69) is 11.7 Å². The van der Waals surface area contributed by atoms with Crippen LogP contribution in [0, 0.1) is 29.4 Å². The predicted octanol–water partition coefficient (Wildman–Crippen LogP) is 8.14. The van der Waals surface area contributed by atoms with Crippen LogP contribution in [0.15, 0.2) is 12.1 Å². The van der Waals surface area contributed by atoms with E-state index in [9.17, 15) is 30.7 Å². The number of hydrogen-bond acceptors (Lipinski definition) is 2. The molecule has 0 amide bonds. The maximum Gasteiger partial charge on any atom is 0.422 e. The third-order valence-electron chi connectivity index (χ3n) is 7.03. The molecular weight excluding hydrogens is 453 g/mol. The molecule has 1 aromatic rings. The Morgan fingerprint density at radius 2 is 1.33 bits per heavy atom. The molecule has 0 unspecified atom stereocenters. The van der Waals surface area contributed by atoms with Crippen molar-refractivity contribution in [2.24, 2.45) is 17.8 Å². The van der Waals surface area contributed by atoms with E-state index in [1.54, 1.807) is 0 Å². The molecule has 3 rings (SSSR count). The molecule has 0 radical (unpaired) electrons. The van der Waals surface area contributed by atoms with Crippen LogP contribution in [-0.4, -0.2) is 18.8 Å². The van der Waals surface area contributed by atoms with Gasteiger partial charge in [0, 0.05) is 12.1 Å². The number of alkyl halides is 5. The van der Waals surface area contributed by atoms with Crippen molar-refractivity contribution in [3.05, 3.63) is 29.3 Å². The van der Waals surface area contributed by atoms with Gasteiger partial charge in [0.15, 0.2) is 6.61 Å². The van der Waals surface area contributed by atoms with Crippen molar-refractivity contribution < 1.29 is 40.2 Å². The molecule has 0 atom stereocenters. The molecule has 188 valence electrons. The second-order valence-electron chi connectivity index (χ2n) is 9.42. The van der Waals surface area contributed by atoms with Gasteiger partial charge in [-0.05, 0) is 56.3 Å². The first-order valence-corrected chi connectivity index (χ1v) is 11.7. The van der Waals surface area contributed by atoms with E-state index in [1.807, 2.05) is 0 Å². The van der Waals surface area contributed by atoms with Crippen molar-refractivity contribution in [2.75, 3.05) is 6.61 Å².